The maximum absolute atomic E-state index is 6.06. The summed E-state index contributed by atoms with van der Waals surface area (Å²) in [6.45, 7) is 0. The highest BCUT2D eigenvalue weighted by molar-refractivity contribution is 14.1. The van der Waals surface area contributed by atoms with Gasteiger partial charge in [0.25, 0.3) is 0 Å². The van der Waals surface area contributed by atoms with Crippen molar-refractivity contribution in [1.82, 2.24) is 14.5 Å². The molecule has 0 N–H and O–H groups in total. The minimum atomic E-state index is 0.489. The summed E-state index contributed by atoms with van der Waals surface area (Å²) in [6, 6.07) is 12.1. The van der Waals surface area contributed by atoms with E-state index in [1.807, 2.05) is 36.4 Å². The summed E-state index contributed by atoms with van der Waals surface area (Å²) in [4.78, 5) is 8.29. The van der Waals surface area contributed by atoms with E-state index in [9.17, 15) is 0 Å². The Hall–Kier alpha value is -1.14. The molecule has 0 bridgehead atoms. The van der Waals surface area contributed by atoms with E-state index in [1.54, 1.807) is 0 Å². The number of halogens is 2. The first-order chi connectivity index (χ1) is 8.27. The largest absolute Gasteiger partial charge is 0.289 e. The Morgan fingerprint density at radius 2 is 1.88 bits per heavy atom. The Bertz CT molecular complexity index is 679. The topological polar surface area (TPSA) is 30.7 Å². The summed E-state index contributed by atoms with van der Waals surface area (Å²) < 4.78 is 3.12. The molecule has 0 saturated heterocycles. The molecule has 3 rings (SSSR count). The van der Waals surface area contributed by atoms with Gasteiger partial charge in [-0.1, -0.05) is 29.8 Å². The molecule has 1 aromatic carbocycles. The molecule has 0 spiro atoms. The van der Waals surface area contributed by atoms with Crippen molar-refractivity contribution in [3.63, 3.8) is 0 Å². The molecule has 0 radical (unpaired) electrons. The zero-order chi connectivity index (χ0) is 11.8. The predicted octanol–water partition coefficient (Wildman–Crippen LogP) is 3.68. The molecule has 3 aromatic rings. The highest BCUT2D eigenvalue weighted by Gasteiger charge is 2.12. The number of hydrogen-bond acceptors (Lipinski definition) is 2. The van der Waals surface area contributed by atoms with Crippen LogP contribution in [-0.2, 0) is 0 Å². The van der Waals surface area contributed by atoms with Gasteiger partial charge < -0.3 is 0 Å². The van der Waals surface area contributed by atoms with Crippen molar-refractivity contribution in [2.75, 3.05) is 0 Å². The third-order valence-corrected chi connectivity index (χ3v) is 3.61. The van der Waals surface area contributed by atoms with Gasteiger partial charge in [-0.05, 0) is 40.8 Å². The van der Waals surface area contributed by atoms with Crippen LogP contribution in [0.25, 0.3) is 16.7 Å². The van der Waals surface area contributed by atoms with Gasteiger partial charge in [0.05, 0.1) is 9.09 Å². The smallest absolute Gasteiger partial charge is 0.150 e. The highest BCUT2D eigenvalue weighted by atomic mass is 127. The van der Waals surface area contributed by atoms with Crippen molar-refractivity contribution >= 4 is 45.2 Å². The molecule has 3 nitrogen and oxygen atoms in total. The van der Waals surface area contributed by atoms with Crippen LogP contribution in [0.15, 0.2) is 42.7 Å². The second-order valence-electron chi connectivity index (χ2n) is 3.54. The molecule has 0 unspecified atom stereocenters. The quantitative estimate of drug-likeness (QED) is 0.492. The average Bonchev–Trinajstić information content (AvgIpc) is 2.68. The van der Waals surface area contributed by atoms with Gasteiger partial charge in [0, 0.05) is 5.69 Å². The van der Waals surface area contributed by atoms with Crippen molar-refractivity contribution in [2.24, 2.45) is 0 Å². The Morgan fingerprint density at radius 1 is 1.12 bits per heavy atom. The van der Waals surface area contributed by atoms with E-state index in [4.69, 9.17) is 11.6 Å². The van der Waals surface area contributed by atoms with Gasteiger partial charge in [-0.25, -0.2) is 9.97 Å². The SMILES string of the molecule is Clc1ncnc2c1cc(I)n2-c1ccccc1. The van der Waals surface area contributed by atoms with Gasteiger partial charge in [0.15, 0.2) is 0 Å². The number of hydrogen-bond donors (Lipinski definition) is 0. The molecule has 0 fully saturated rings. The van der Waals surface area contributed by atoms with E-state index >= 15 is 0 Å². The number of rotatable bonds is 1. The maximum atomic E-state index is 6.06. The van der Waals surface area contributed by atoms with Crippen molar-refractivity contribution in [1.29, 1.82) is 0 Å². The Kier molecular flexibility index (Phi) is 2.76. The standard InChI is InChI=1S/C12H7ClIN3/c13-11-9-6-10(14)17(12(9)16-7-15-11)8-4-2-1-3-5-8/h1-7H. The molecular formula is C12H7ClIN3. The van der Waals surface area contributed by atoms with Gasteiger partial charge in [-0.2, -0.15) is 0 Å². The minimum Gasteiger partial charge on any atom is -0.289 e. The molecule has 2 heterocycles. The van der Waals surface area contributed by atoms with Crippen LogP contribution in [0.2, 0.25) is 5.15 Å². The van der Waals surface area contributed by atoms with E-state index in [2.05, 4.69) is 37.1 Å². The first-order valence-corrected chi connectivity index (χ1v) is 6.46. The van der Waals surface area contributed by atoms with Crippen LogP contribution >= 0.6 is 34.2 Å². The van der Waals surface area contributed by atoms with E-state index < -0.39 is 0 Å². The van der Waals surface area contributed by atoms with Crippen LogP contribution < -0.4 is 0 Å². The zero-order valence-electron chi connectivity index (χ0n) is 8.64. The summed E-state index contributed by atoms with van der Waals surface area (Å²) in [7, 11) is 0. The lowest BCUT2D eigenvalue weighted by molar-refractivity contribution is 1.05. The summed E-state index contributed by atoms with van der Waals surface area (Å²) in [6.07, 6.45) is 1.49. The molecule has 0 aliphatic carbocycles. The van der Waals surface area contributed by atoms with Crippen molar-refractivity contribution in [2.45, 2.75) is 0 Å². The van der Waals surface area contributed by atoms with Crippen LogP contribution in [-0.4, -0.2) is 14.5 Å². The van der Waals surface area contributed by atoms with Gasteiger partial charge in [0.2, 0.25) is 0 Å². The van der Waals surface area contributed by atoms with Crippen molar-refractivity contribution in [3.05, 3.63) is 51.6 Å². The Morgan fingerprint density at radius 3 is 2.65 bits per heavy atom. The normalized spacial score (nSPS) is 10.9. The number of nitrogens with zero attached hydrogens (tertiary/aromatic N) is 3. The monoisotopic (exact) mass is 355 g/mol. The van der Waals surface area contributed by atoms with E-state index in [1.165, 1.54) is 6.33 Å². The fourth-order valence-electron chi connectivity index (χ4n) is 1.78. The van der Waals surface area contributed by atoms with Gasteiger partial charge in [0.1, 0.15) is 17.1 Å². The summed E-state index contributed by atoms with van der Waals surface area (Å²) >= 11 is 8.33. The summed E-state index contributed by atoms with van der Waals surface area (Å²) in [5, 5.41) is 1.37. The third kappa shape index (κ3) is 1.81. The average molecular weight is 356 g/mol. The molecule has 5 heteroatoms. The predicted molar refractivity (Wildman–Crippen MR) is 76.6 cm³/mol. The minimum absolute atomic E-state index is 0.489. The van der Waals surface area contributed by atoms with Crippen LogP contribution in [0.3, 0.4) is 0 Å². The third-order valence-electron chi connectivity index (χ3n) is 2.52. The summed E-state index contributed by atoms with van der Waals surface area (Å²) in [5.74, 6) is 0. The molecule has 0 saturated carbocycles. The van der Waals surface area contributed by atoms with Crippen molar-refractivity contribution < 1.29 is 0 Å². The van der Waals surface area contributed by atoms with Crippen LogP contribution in [0, 0.1) is 3.70 Å². The zero-order valence-corrected chi connectivity index (χ0v) is 11.6. The van der Waals surface area contributed by atoms with Crippen LogP contribution in [0.1, 0.15) is 0 Å². The number of aromatic nitrogens is 3. The van der Waals surface area contributed by atoms with Crippen LogP contribution in [0.5, 0.6) is 0 Å². The fourth-order valence-corrected chi connectivity index (χ4v) is 2.78. The lowest BCUT2D eigenvalue weighted by Gasteiger charge is -2.05. The van der Waals surface area contributed by atoms with Crippen molar-refractivity contribution in [3.8, 4) is 5.69 Å². The first-order valence-electron chi connectivity index (χ1n) is 5.00. The van der Waals surface area contributed by atoms with E-state index in [-0.39, 0.29) is 0 Å². The molecule has 84 valence electrons. The molecule has 17 heavy (non-hydrogen) atoms. The number of fused-ring (bicyclic) bond motifs is 1. The first kappa shape index (κ1) is 11.0. The molecule has 0 atom stereocenters. The summed E-state index contributed by atoms with van der Waals surface area (Å²) in [5.41, 5.74) is 1.90. The molecule has 2 aromatic heterocycles. The second kappa shape index (κ2) is 4.27. The van der Waals surface area contributed by atoms with E-state index in [0.29, 0.717) is 5.15 Å². The lowest BCUT2D eigenvalue weighted by atomic mass is 10.3. The Balaban J connectivity index is 2.37. The number of para-hydroxylation sites is 1. The maximum Gasteiger partial charge on any atom is 0.150 e. The molecule has 0 aliphatic heterocycles. The second-order valence-corrected chi connectivity index (χ2v) is 5.00. The highest BCUT2D eigenvalue weighted by Crippen LogP contribution is 2.27. The molecule has 0 amide bonds. The van der Waals surface area contributed by atoms with Gasteiger partial charge in [-0.3, -0.25) is 4.57 Å². The molecular weight excluding hydrogens is 349 g/mol. The van der Waals surface area contributed by atoms with E-state index in [0.717, 1.165) is 20.4 Å². The number of benzene rings is 1. The van der Waals surface area contributed by atoms with Gasteiger partial charge in [-0.15, -0.1) is 0 Å². The Labute approximate surface area is 117 Å². The fraction of sp³-hybridized carbons (Fsp3) is 0. The van der Waals surface area contributed by atoms with Crippen LogP contribution in [0.4, 0.5) is 0 Å². The molecule has 0 aliphatic rings. The van der Waals surface area contributed by atoms with Gasteiger partial charge >= 0.3 is 0 Å². The lowest BCUT2D eigenvalue weighted by Crippen LogP contribution is -1.97.